The van der Waals surface area contributed by atoms with Crippen LogP contribution < -0.4 is 9.80 Å². The number of halogens is 18. The molecule has 7 rings (SSSR count). The summed E-state index contributed by atoms with van der Waals surface area (Å²) < 4.78 is 196. The Morgan fingerprint density at radius 3 is 1.48 bits per heavy atom. The van der Waals surface area contributed by atoms with E-state index in [1.807, 2.05) is 0 Å². The molecule has 1 aliphatic carbocycles. The van der Waals surface area contributed by atoms with Gasteiger partial charge in [-0.15, -0.1) is 0 Å². The molecule has 3 aliphatic rings. The first-order valence-corrected chi connectivity index (χ1v) is 20.8. The van der Waals surface area contributed by atoms with Gasteiger partial charge in [0, 0.05) is 71.1 Å². The molecule has 3 fully saturated rings. The first-order chi connectivity index (χ1) is 30.0. The lowest BCUT2D eigenvalue weighted by atomic mass is 9.78. The van der Waals surface area contributed by atoms with E-state index in [-0.39, 0.29) is 64.6 Å². The third-order valence-corrected chi connectivity index (χ3v) is 12.9. The molecule has 2 unspecified atom stereocenters. The molecule has 0 radical (unpaired) electrons. The second kappa shape index (κ2) is 18.1. The van der Waals surface area contributed by atoms with Crippen LogP contribution in [0.1, 0.15) is 65.5 Å². The molecule has 0 spiro atoms. The summed E-state index contributed by atoms with van der Waals surface area (Å²) in [5.74, 6) is -2.71. The fourth-order valence-electron chi connectivity index (χ4n) is 8.25. The second-order valence-corrected chi connectivity index (χ2v) is 17.6. The Bertz CT molecular complexity index is 2520. The molecular formula is C43H31Cl4F14N3O. The van der Waals surface area contributed by atoms with Crippen LogP contribution in [0.2, 0.25) is 20.1 Å². The van der Waals surface area contributed by atoms with E-state index >= 15 is 0 Å². The highest BCUT2D eigenvalue weighted by atomic mass is 35.5. The van der Waals surface area contributed by atoms with Crippen LogP contribution in [0.5, 0.6) is 0 Å². The van der Waals surface area contributed by atoms with Crippen LogP contribution >= 0.6 is 46.4 Å². The van der Waals surface area contributed by atoms with Crippen molar-refractivity contribution in [1.29, 1.82) is 5.26 Å². The van der Waals surface area contributed by atoms with Gasteiger partial charge in [0.05, 0.1) is 32.8 Å². The summed E-state index contributed by atoms with van der Waals surface area (Å²) in [5, 5.41) is 7.34. The summed E-state index contributed by atoms with van der Waals surface area (Å²) in [5.41, 5.74) is -10.2. The number of Topliss-reactive ketones (excluding diaryl/α,β-unsaturated/α-hetero) is 1. The molecule has 2 saturated heterocycles. The van der Waals surface area contributed by atoms with E-state index in [4.69, 9.17) is 51.7 Å². The maximum absolute atomic E-state index is 14.7. The minimum atomic E-state index is -4.93. The van der Waals surface area contributed by atoms with Gasteiger partial charge in [-0.2, -0.15) is 57.9 Å². The highest BCUT2D eigenvalue weighted by Crippen LogP contribution is 2.53. The molecule has 0 N–H and O–H groups in total. The number of nitrogens with zero attached hydrogens (tertiary/aromatic N) is 3. The topological polar surface area (TPSA) is 47.3 Å². The Balaban J connectivity index is 0.000000218. The van der Waals surface area contributed by atoms with Crippen molar-refractivity contribution in [2.75, 3.05) is 36.0 Å². The van der Waals surface area contributed by atoms with Gasteiger partial charge in [-0.1, -0.05) is 52.5 Å². The first kappa shape index (κ1) is 50.2. The first-order valence-electron chi connectivity index (χ1n) is 19.3. The van der Waals surface area contributed by atoms with Crippen molar-refractivity contribution < 1.29 is 66.3 Å². The Morgan fingerprint density at radius 2 is 1.08 bits per heavy atom. The van der Waals surface area contributed by atoms with Gasteiger partial charge < -0.3 is 9.80 Å². The molecule has 2 heterocycles. The highest BCUT2D eigenvalue weighted by Gasteiger charge is 2.62. The van der Waals surface area contributed by atoms with Crippen LogP contribution in [0.4, 0.5) is 72.8 Å². The molecule has 0 aromatic heterocycles. The van der Waals surface area contributed by atoms with E-state index < -0.39 is 111 Å². The largest absolute Gasteiger partial charge is 0.417 e. The summed E-state index contributed by atoms with van der Waals surface area (Å²) in [6, 6.07) is 11.0. The number of alkyl halides is 12. The molecule has 1 saturated carbocycles. The fraction of sp³-hybridized carbons (Fsp3) is 0.395. The minimum absolute atomic E-state index is 0.0250. The Hall–Kier alpha value is -4.18. The van der Waals surface area contributed by atoms with Gasteiger partial charge in [0.2, 0.25) is 0 Å². The third kappa shape index (κ3) is 10.2. The fourth-order valence-corrected chi connectivity index (χ4v) is 9.23. The molecule has 2 atom stereocenters. The smallest absolute Gasteiger partial charge is 0.370 e. The van der Waals surface area contributed by atoms with Gasteiger partial charge in [-0.3, -0.25) is 4.79 Å². The molecule has 22 heteroatoms. The Kier molecular flexibility index (Phi) is 14.0. The van der Waals surface area contributed by atoms with Gasteiger partial charge in [0.1, 0.15) is 28.2 Å². The van der Waals surface area contributed by atoms with Crippen LogP contribution in [0.25, 0.3) is 0 Å². The molecule has 0 bridgehead atoms. The number of carbonyl (C=O) groups excluding carboxylic acids is 1. The number of anilines is 2. The standard InChI is InChI=1S/C24H20Cl2F7NO.C19H11Cl2F7N2/c25-15-9-18(21(27)19(26)10-15)22(24(31,32)33)7-8-34(12-22)16-5-3-13(17(11-16)23(28,29)30)4-6-20(35)14-1-2-14;20-11-5-14(16(22)15(21)6-11)17(19(26,27)28)3-4-30(9-17)12-2-1-10(8-29)13(7-12)18(23,24)25/h3,5,9-11,14H,1-2,4,6-8,12H2;1-2,5-7H,3-4,9H2. The van der Waals surface area contributed by atoms with Crippen LogP contribution in [-0.4, -0.2) is 44.3 Å². The second-order valence-electron chi connectivity index (χ2n) is 15.9. The van der Waals surface area contributed by atoms with Crippen molar-refractivity contribution in [3.8, 4) is 6.07 Å². The zero-order valence-electron chi connectivity index (χ0n) is 33.0. The van der Waals surface area contributed by atoms with Crippen molar-refractivity contribution in [2.45, 2.75) is 74.1 Å². The summed E-state index contributed by atoms with van der Waals surface area (Å²) in [4.78, 5) is 14.2. The molecule has 65 heavy (non-hydrogen) atoms. The lowest BCUT2D eigenvalue weighted by molar-refractivity contribution is -0.185. The number of benzene rings is 4. The van der Waals surface area contributed by atoms with Crippen molar-refractivity contribution in [2.24, 2.45) is 5.92 Å². The number of nitriles is 1. The van der Waals surface area contributed by atoms with Gasteiger partial charge in [-0.25, -0.2) is 8.78 Å². The van der Waals surface area contributed by atoms with E-state index in [1.54, 1.807) is 0 Å². The molecule has 4 aromatic rings. The van der Waals surface area contributed by atoms with Crippen molar-refractivity contribution >= 4 is 63.6 Å². The van der Waals surface area contributed by atoms with E-state index in [1.165, 1.54) is 18.2 Å². The van der Waals surface area contributed by atoms with Crippen LogP contribution in [-0.2, 0) is 34.4 Å². The zero-order valence-corrected chi connectivity index (χ0v) is 36.0. The zero-order chi connectivity index (χ0) is 48.2. The third-order valence-electron chi connectivity index (χ3n) is 11.9. The number of ketones is 1. The van der Waals surface area contributed by atoms with Crippen LogP contribution in [0, 0.1) is 28.9 Å². The molecular weight excluding hydrogens is 982 g/mol. The maximum Gasteiger partial charge on any atom is 0.417 e. The predicted octanol–water partition coefficient (Wildman–Crippen LogP) is 14.5. The summed E-state index contributed by atoms with van der Waals surface area (Å²) >= 11 is 23.0. The van der Waals surface area contributed by atoms with E-state index in [2.05, 4.69) is 0 Å². The average molecular weight is 1010 g/mol. The lowest BCUT2D eigenvalue weighted by Crippen LogP contribution is -2.45. The van der Waals surface area contributed by atoms with E-state index in [0.717, 1.165) is 65.1 Å². The number of hydrogen-bond donors (Lipinski definition) is 0. The van der Waals surface area contributed by atoms with E-state index in [9.17, 15) is 66.3 Å². The van der Waals surface area contributed by atoms with Crippen LogP contribution in [0.15, 0.2) is 60.7 Å². The predicted molar refractivity (Wildman–Crippen MR) is 216 cm³/mol. The number of carbonyl (C=O) groups is 1. The quantitative estimate of drug-likeness (QED) is 0.130. The van der Waals surface area contributed by atoms with Crippen molar-refractivity contribution in [1.82, 2.24) is 0 Å². The molecule has 2 aliphatic heterocycles. The maximum atomic E-state index is 14.7. The van der Waals surface area contributed by atoms with Gasteiger partial charge in [-0.05, 0) is 92.3 Å². The van der Waals surface area contributed by atoms with E-state index in [0.29, 0.717) is 6.07 Å². The molecule has 4 nitrogen and oxygen atoms in total. The van der Waals surface area contributed by atoms with Crippen LogP contribution in [0.3, 0.4) is 0 Å². The summed E-state index contributed by atoms with van der Waals surface area (Å²) in [7, 11) is 0. The van der Waals surface area contributed by atoms with Gasteiger partial charge in [0.25, 0.3) is 0 Å². The normalized spacial score (nSPS) is 20.4. The summed E-state index contributed by atoms with van der Waals surface area (Å²) in [6.45, 7) is -2.21. The SMILES string of the molecule is N#Cc1ccc(N2CCC(c3cc(Cl)cc(Cl)c3F)(C(F)(F)F)C2)cc1C(F)(F)F.O=C(CCc1ccc(N2CCC(c3cc(Cl)cc(Cl)c3F)(C(F)(F)F)C2)cc1C(F)(F)F)C1CC1. The van der Waals surface area contributed by atoms with Gasteiger partial charge in [0.15, 0.2) is 0 Å². The molecule has 350 valence electrons. The highest BCUT2D eigenvalue weighted by molar-refractivity contribution is 6.35. The average Bonchev–Trinajstić information content (AvgIpc) is 3.78. The van der Waals surface area contributed by atoms with Gasteiger partial charge >= 0.3 is 24.7 Å². The lowest BCUT2D eigenvalue weighted by Gasteiger charge is -2.33. The number of rotatable bonds is 8. The molecule has 0 amide bonds. The summed E-state index contributed by atoms with van der Waals surface area (Å²) in [6.07, 6.45) is -19.3. The number of hydrogen-bond acceptors (Lipinski definition) is 4. The number of aryl methyl sites for hydroxylation is 1. The van der Waals surface area contributed by atoms with Crippen molar-refractivity contribution in [3.05, 3.63) is 126 Å². The Morgan fingerprint density at radius 1 is 0.646 bits per heavy atom. The minimum Gasteiger partial charge on any atom is -0.370 e. The monoisotopic (exact) mass is 1010 g/mol. The molecule has 4 aromatic carbocycles. The van der Waals surface area contributed by atoms with Crippen molar-refractivity contribution in [3.63, 3.8) is 0 Å². The Labute approximate surface area is 381 Å².